The SMILES string of the molecule is [CH2]CCSCC(C)CCC. The normalized spacial score (nSPS) is 13.5. The van der Waals surface area contributed by atoms with Gasteiger partial charge in [-0.05, 0) is 23.8 Å². The fourth-order valence-electron chi connectivity index (χ4n) is 0.963. The maximum absolute atomic E-state index is 3.81. The maximum atomic E-state index is 3.81. The zero-order valence-corrected chi connectivity index (χ0v) is 8.04. The van der Waals surface area contributed by atoms with Crippen LogP contribution in [-0.4, -0.2) is 11.5 Å². The van der Waals surface area contributed by atoms with E-state index in [-0.39, 0.29) is 0 Å². The quantitative estimate of drug-likeness (QED) is 0.535. The van der Waals surface area contributed by atoms with Gasteiger partial charge in [0.25, 0.3) is 0 Å². The van der Waals surface area contributed by atoms with Crippen LogP contribution in [0.1, 0.15) is 33.1 Å². The second kappa shape index (κ2) is 7.46. The molecule has 61 valence electrons. The molecule has 1 radical (unpaired) electrons. The third-order valence-electron chi connectivity index (χ3n) is 1.47. The molecule has 0 fully saturated rings. The van der Waals surface area contributed by atoms with Gasteiger partial charge in [0.05, 0.1) is 0 Å². The summed E-state index contributed by atoms with van der Waals surface area (Å²) in [7, 11) is 0. The van der Waals surface area contributed by atoms with Crippen LogP contribution in [0.5, 0.6) is 0 Å². The zero-order chi connectivity index (χ0) is 7.82. The van der Waals surface area contributed by atoms with Crippen molar-refractivity contribution in [2.75, 3.05) is 11.5 Å². The molecule has 0 aromatic carbocycles. The van der Waals surface area contributed by atoms with Gasteiger partial charge in [0, 0.05) is 0 Å². The minimum absolute atomic E-state index is 0.904. The van der Waals surface area contributed by atoms with Crippen LogP contribution in [0.3, 0.4) is 0 Å². The Kier molecular flexibility index (Phi) is 7.72. The van der Waals surface area contributed by atoms with E-state index in [9.17, 15) is 0 Å². The molecule has 0 saturated heterocycles. The van der Waals surface area contributed by atoms with E-state index < -0.39 is 0 Å². The summed E-state index contributed by atoms with van der Waals surface area (Å²) in [5, 5.41) is 0. The minimum atomic E-state index is 0.904. The summed E-state index contributed by atoms with van der Waals surface area (Å²) in [6.07, 6.45) is 3.78. The van der Waals surface area contributed by atoms with Crippen molar-refractivity contribution in [3.8, 4) is 0 Å². The van der Waals surface area contributed by atoms with Gasteiger partial charge in [-0.3, -0.25) is 0 Å². The first-order valence-corrected chi connectivity index (χ1v) is 5.33. The van der Waals surface area contributed by atoms with Crippen molar-refractivity contribution in [1.82, 2.24) is 0 Å². The predicted octanol–water partition coefficient (Wildman–Crippen LogP) is 3.38. The smallest absolute Gasteiger partial charge is 0.00418 e. The van der Waals surface area contributed by atoms with Gasteiger partial charge in [0.1, 0.15) is 0 Å². The standard InChI is InChI=1S/C9H19S/c1-4-6-9(3)8-10-7-5-2/h9H,2,4-8H2,1,3H3. The highest BCUT2D eigenvalue weighted by molar-refractivity contribution is 7.99. The zero-order valence-electron chi connectivity index (χ0n) is 7.23. The molecule has 0 amide bonds. The van der Waals surface area contributed by atoms with Crippen LogP contribution in [0.15, 0.2) is 0 Å². The Labute approximate surface area is 69.8 Å². The Morgan fingerprint density at radius 1 is 1.50 bits per heavy atom. The summed E-state index contributed by atoms with van der Waals surface area (Å²) < 4.78 is 0. The van der Waals surface area contributed by atoms with E-state index in [0.29, 0.717) is 0 Å². The number of rotatable bonds is 6. The van der Waals surface area contributed by atoms with E-state index in [1.54, 1.807) is 0 Å². The molecular weight excluding hydrogens is 140 g/mol. The molecule has 0 aromatic heterocycles. The molecule has 0 aromatic rings. The minimum Gasteiger partial charge on any atom is -0.162 e. The van der Waals surface area contributed by atoms with Gasteiger partial charge in [-0.2, -0.15) is 11.8 Å². The third-order valence-corrected chi connectivity index (χ3v) is 2.85. The maximum Gasteiger partial charge on any atom is -0.00418 e. The van der Waals surface area contributed by atoms with Gasteiger partial charge in [-0.25, -0.2) is 0 Å². The fourth-order valence-corrected chi connectivity index (χ4v) is 1.90. The van der Waals surface area contributed by atoms with Crippen LogP contribution >= 0.6 is 11.8 Å². The third kappa shape index (κ3) is 6.47. The lowest BCUT2D eigenvalue weighted by atomic mass is 10.1. The summed E-state index contributed by atoms with van der Waals surface area (Å²) in [5.41, 5.74) is 0. The molecule has 0 aliphatic rings. The highest BCUT2D eigenvalue weighted by Crippen LogP contribution is 2.13. The molecule has 0 spiro atoms. The molecule has 1 unspecified atom stereocenters. The molecule has 0 aliphatic carbocycles. The topological polar surface area (TPSA) is 0 Å². The fraction of sp³-hybridized carbons (Fsp3) is 0.889. The lowest BCUT2D eigenvalue weighted by molar-refractivity contribution is 0.585. The first-order chi connectivity index (χ1) is 4.81. The summed E-state index contributed by atoms with van der Waals surface area (Å²) in [4.78, 5) is 0. The van der Waals surface area contributed by atoms with Crippen molar-refractivity contribution in [1.29, 1.82) is 0 Å². The van der Waals surface area contributed by atoms with Crippen molar-refractivity contribution in [3.63, 3.8) is 0 Å². The second-order valence-electron chi connectivity index (χ2n) is 2.82. The summed E-state index contributed by atoms with van der Waals surface area (Å²) in [6.45, 7) is 8.39. The predicted molar refractivity (Wildman–Crippen MR) is 51.4 cm³/mol. The molecule has 0 aliphatic heterocycles. The van der Waals surface area contributed by atoms with Crippen molar-refractivity contribution in [2.45, 2.75) is 33.1 Å². The first-order valence-electron chi connectivity index (χ1n) is 4.18. The van der Waals surface area contributed by atoms with E-state index in [2.05, 4.69) is 20.8 Å². The van der Waals surface area contributed by atoms with E-state index in [4.69, 9.17) is 0 Å². The van der Waals surface area contributed by atoms with Gasteiger partial charge in [0.2, 0.25) is 0 Å². The van der Waals surface area contributed by atoms with Crippen molar-refractivity contribution in [3.05, 3.63) is 6.92 Å². The van der Waals surface area contributed by atoms with E-state index in [1.807, 2.05) is 11.8 Å². The monoisotopic (exact) mass is 159 g/mol. The van der Waals surface area contributed by atoms with Crippen LogP contribution in [-0.2, 0) is 0 Å². The van der Waals surface area contributed by atoms with Gasteiger partial charge in [0.15, 0.2) is 0 Å². The van der Waals surface area contributed by atoms with Crippen LogP contribution in [0.25, 0.3) is 0 Å². The van der Waals surface area contributed by atoms with E-state index in [1.165, 1.54) is 24.3 Å². The molecule has 0 saturated carbocycles. The average Bonchev–Trinajstić information content (AvgIpc) is 1.89. The Hall–Kier alpha value is 0.350. The Morgan fingerprint density at radius 3 is 2.70 bits per heavy atom. The molecular formula is C9H19S. The molecule has 0 N–H and O–H groups in total. The van der Waals surface area contributed by atoms with Gasteiger partial charge >= 0.3 is 0 Å². The van der Waals surface area contributed by atoms with Gasteiger partial charge in [-0.15, -0.1) is 0 Å². The Bertz CT molecular complexity index is 61.7. The van der Waals surface area contributed by atoms with Gasteiger partial charge in [-0.1, -0.05) is 33.6 Å². The number of thioether (sulfide) groups is 1. The highest BCUT2D eigenvalue weighted by Gasteiger charge is 1.98. The molecule has 1 atom stereocenters. The first kappa shape index (κ1) is 10.3. The van der Waals surface area contributed by atoms with Crippen LogP contribution in [0.2, 0.25) is 0 Å². The van der Waals surface area contributed by atoms with E-state index >= 15 is 0 Å². The number of hydrogen-bond acceptors (Lipinski definition) is 1. The average molecular weight is 159 g/mol. The Morgan fingerprint density at radius 2 is 2.20 bits per heavy atom. The van der Waals surface area contributed by atoms with Crippen LogP contribution < -0.4 is 0 Å². The molecule has 10 heavy (non-hydrogen) atoms. The lowest BCUT2D eigenvalue weighted by Gasteiger charge is -2.07. The van der Waals surface area contributed by atoms with Crippen LogP contribution in [0, 0.1) is 12.8 Å². The largest absolute Gasteiger partial charge is 0.162 e. The summed E-state index contributed by atoms with van der Waals surface area (Å²) in [6, 6.07) is 0. The van der Waals surface area contributed by atoms with Crippen molar-refractivity contribution >= 4 is 11.8 Å². The molecule has 0 nitrogen and oxygen atoms in total. The van der Waals surface area contributed by atoms with Crippen molar-refractivity contribution in [2.24, 2.45) is 5.92 Å². The molecule has 0 heterocycles. The lowest BCUT2D eigenvalue weighted by Crippen LogP contribution is -1.97. The Balaban J connectivity index is 2.97. The molecule has 0 rings (SSSR count). The summed E-state index contributed by atoms with van der Waals surface area (Å²) >= 11 is 2.04. The number of hydrogen-bond donors (Lipinski definition) is 0. The van der Waals surface area contributed by atoms with Crippen LogP contribution in [0.4, 0.5) is 0 Å². The second-order valence-corrected chi connectivity index (χ2v) is 3.97. The molecule has 1 heteroatoms. The van der Waals surface area contributed by atoms with Gasteiger partial charge < -0.3 is 0 Å². The van der Waals surface area contributed by atoms with Crippen molar-refractivity contribution < 1.29 is 0 Å². The highest BCUT2D eigenvalue weighted by atomic mass is 32.2. The summed E-state index contributed by atoms with van der Waals surface area (Å²) in [5.74, 6) is 3.46. The molecule has 0 bridgehead atoms. The van der Waals surface area contributed by atoms with E-state index in [0.717, 1.165) is 12.3 Å².